The van der Waals surface area contributed by atoms with Crippen LogP contribution in [0.4, 0.5) is 0 Å². The highest BCUT2D eigenvalue weighted by Crippen LogP contribution is 2.34. The Kier molecular flexibility index (Phi) is 6.43. The molecule has 7 nitrogen and oxygen atoms in total. The van der Waals surface area contributed by atoms with Crippen LogP contribution in [-0.4, -0.2) is 38.1 Å². The number of carbonyl (C=O) groups is 2. The van der Waals surface area contributed by atoms with Gasteiger partial charge in [0.2, 0.25) is 0 Å². The molecule has 0 bridgehead atoms. The van der Waals surface area contributed by atoms with Crippen LogP contribution < -0.4 is 0 Å². The number of nitrogens with zero attached hydrogens (tertiary/aromatic N) is 4. The Labute approximate surface area is 194 Å². The maximum Gasteiger partial charge on any atom is 0.253 e. The highest BCUT2D eigenvalue weighted by molar-refractivity contribution is 8.00. The number of halogens is 1. The lowest BCUT2D eigenvalue weighted by Crippen LogP contribution is -2.28. The summed E-state index contributed by atoms with van der Waals surface area (Å²) in [6.07, 6.45) is 2.11. The Morgan fingerprint density at radius 3 is 2.59 bits per heavy atom. The number of hydrogen-bond acceptors (Lipinski definition) is 7. The van der Waals surface area contributed by atoms with Crippen LogP contribution in [0.1, 0.15) is 52.6 Å². The molecule has 0 spiro atoms. The van der Waals surface area contributed by atoms with Gasteiger partial charge >= 0.3 is 0 Å². The van der Waals surface area contributed by atoms with E-state index in [9.17, 15) is 9.59 Å². The Morgan fingerprint density at radius 1 is 1.19 bits per heavy atom. The highest BCUT2D eigenvalue weighted by atomic mass is 35.5. The van der Waals surface area contributed by atoms with Crippen molar-refractivity contribution in [3.05, 3.63) is 76.1 Å². The summed E-state index contributed by atoms with van der Waals surface area (Å²) in [5.41, 5.74) is 2.73. The predicted octanol–water partition coefficient (Wildman–Crippen LogP) is 5.01. The van der Waals surface area contributed by atoms with E-state index in [1.807, 2.05) is 18.2 Å². The average molecular weight is 469 g/mol. The first-order valence-electron chi connectivity index (χ1n) is 10.0. The summed E-state index contributed by atoms with van der Waals surface area (Å²) in [5.74, 6) is 0.957. The van der Waals surface area contributed by atoms with E-state index < -0.39 is 0 Å². The van der Waals surface area contributed by atoms with Crippen molar-refractivity contribution in [2.24, 2.45) is 5.10 Å². The van der Waals surface area contributed by atoms with Crippen molar-refractivity contribution in [3.63, 3.8) is 0 Å². The van der Waals surface area contributed by atoms with Gasteiger partial charge in [-0.15, -0.1) is 0 Å². The summed E-state index contributed by atoms with van der Waals surface area (Å²) in [7, 11) is 0. The molecule has 0 saturated carbocycles. The number of hydrogen-bond donors (Lipinski definition) is 0. The standard InChI is InChI=1S/C23H21ClN4O3S/c1-13-22(14(2)29)23(26-15(3)25-13)32-12-21(30)28-19(20-5-4-10-31-20)11-18(27-28)16-6-8-17(24)9-7-16/h4-10,19H,11-12H2,1-3H3. The number of ketones is 1. The van der Waals surface area contributed by atoms with Crippen molar-refractivity contribution in [3.8, 4) is 0 Å². The molecule has 1 unspecified atom stereocenters. The SMILES string of the molecule is CC(=O)c1c(C)nc(C)nc1SCC(=O)N1N=C(c2ccc(Cl)cc2)CC1c1ccco1. The second-order valence-corrected chi connectivity index (χ2v) is 8.81. The first kappa shape index (κ1) is 22.2. The number of benzene rings is 1. The van der Waals surface area contributed by atoms with Gasteiger partial charge in [-0.2, -0.15) is 5.10 Å². The molecule has 0 aliphatic carbocycles. The van der Waals surface area contributed by atoms with Crippen LogP contribution in [0.3, 0.4) is 0 Å². The molecule has 0 radical (unpaired) electrons. The van der Waals surface area contributed by atoms with Gasteiger partial charge < -0.3 is 4.42 Å². The van der Waals surface area contributed by atoms with E-state index in [0.717, 1.165) is 11.3 Å². The largest absolute Gasteiger partial charge is 0.467 e. The van der Waals surface area contributed by atoms with Gasteiger partial charge in [-0.3, -0.25) is 9.59 Å². The Hall–Kier alpha value is -2.97. The molecule has 32 heavy (non-hydrogen) atoms. The molecule has 0 N–H and O–H groups in total. The van der Waals surface area contributed by atoms with Gasteiger partial charge in [0.1, 0.15) is 22.7 Å². The van der Waals surface area contributed by atoms with Crippen molar-refractivity contribution in [2.75, 3.05) is 5.75 Å². The van der Waals surface area contributed by atoms with Gasteiger partial charge in [0.25, 0.3) is 5.91 Å². The van der Waals surface area contributed by atoms with Gasteiger partial charge in [0.05, 0.1) is 29.0 Å². The molecule has 1 amide bonds. The zero-order valence-electron chi connectivity index (χ0n) is 17.8. The zero-order valence-corrected chi connectivity index (χ0v) is 19.4. The van der Waals surface area contributed by atoms with Gasteiger partial charge in [-0.05, 0) is 50.6 Å². The third-order valence-electron chi connectivity index (χ3n) is 5.07. The number of aromatic nitrogens is 2. The maximum absolute atomic E-state index is 13.2. The molecule has 1 atom stereocenters. The molecule has 2 aromatic heterocycles. The normalized spacial score (nSPS) is 15.7. The summed E-state index contributed by atoms with van der Waals surface area (Å²) in [5, 5.41) is 7.22. The fourth-order valence-electron chi connectivity index (χ4n) is 3.65. The fraction of sp³-hybridized carbons (Fsp3) is 0.261. The summed E-state index contributed by atoms with van der Waals surface area (Å²) in [6.45, 7) is 5.01. The lowest BCUT2D eigenvalue weighted by Gasteiger charge is -2.20. The van der Waals surface area contributed by atoms with Gasteiger partial charge in [-0.1, -0.05) is 35.5 Å². The molecule has 0 saturated heterocycles. The van der Waals surface area contributed by atoms with E-state index in [1.54, 1.807) is 38.3 Å². The van der Waals surface area contributed by atoms with Gasteiger partial charge in [0, 0.05) is 11.4 Å². The minimum atomic E-state index is -0.343. The monoisotopic (exact) mass is 468 g/mol. The van der Waals surface area contributed by atoms with E-state index in [-0.39, 0.29) is 23.5 Å². The highest BCUT2D eigenvalue weighted by Gasteiger charge is 2.35. The quantitative estimate of drug-likeness (QED) is 0.287. The molecular formula is C23H21ClN4O3S. The van der Waals surface area contributed by atoms with Crippen molar-refractivity contribution in [1.29, 1.82) is 0 Å². The summed E-state index contributed by atoms with van der Waals surface area (Å²) in [4.78, 5) is 34.0. The van der Waals surface area contributed by atoms with Crippen LogP contribution in [-0.2, 0) is 4.79 Å². The fourth-order valence-corrected chi connectivity index (χ4v) is 4.80. The van der Waals surface area contributed by atoms with Crippen LogP contribution >= 0.6 is 23.4 Å². The Morgan fingerprint density at radius 2 is 1.94 bits per heavy atom. The number of thioether (sulfide) groups is 1. The van der Waals surface area contributed by atoms with Crippen molar-refractivity contribution in [2.45, 2.75) is 38.3 Å². The van der Waals surface area contributed by atoms with Crippen molar-refractivity contribution >= 4 is 40.8 Å². The van der Waals surface area contributed by atoms with Crippen molar-refractivity contribution < 1.29 is 14.0 Å². The van der Waals surface area contributed by atoms with E-state index in [1.165, 1.54) is 23.7 Å². The molecular weight excluding hydrogens is 448 g/mol. The number of rotatable bonds is 6. The zero-order chi connectivity index (χ0) is 22.8. The van der Waals surface area contributed by atoms with Crippen molar-refractivity contribution in [1.82, 2.24) is 15.0 Å². The number of aryl methyl sites for hydroxylation is 2. The Bertz CT molecular complexity index is 1190. The maximum atomic E-state index is 13.2. The van der Waals surface area contributed by atoms with Gasteiger partial charge in [-0.25, -0.2) is 15.0 Å². The molecule has 164 valence electrons. The van der Waals surface area contributed by atoms with Gasteiger partial charge in [0.15, 0.2) is 5.78 Å². The molecule has 3 heterocycles. The first-order chi connectivity index (χ1) is 15.3. The van der Waals surface area contributed by atoms with E-state index in [4.69, 9.17) is 16.0 Å². The number of furan rings is 1. The average Bonchev–Trinajstić information content (AvgIpc) is 3.41. The van der Waals surface area contributed by atoms with Crippen LogP contribution in [0.15, 0.2) is 57.2 Å². The second kappa shape index (κ2) is 9.26. The van der Waals surface area contributed by atoms with E-state index in [0.29, 0.717) is 39.3 Å². The molecule has 9 heteroatoms. The molecule has 0 fully saturated rings. The van der Waals surface area contributed by atoms with Crippen LogP contribution in [0.5, 0.6) is 0 Å². The lowest BCUT2D eigenvalue weighted by molar-refractivity contribution is -0.130. The van der Waals surface area contributed by atoms with E-state index in [2.05, 4.69) is 15.1 Å². The minimum absolute atomic E-state index is 0.0742. The minimum Gasteiger partial charge on any atom is -0.467 e. The van der Waals surface area contributed by atoms with E-state index >= 15 is 0 Å². The molecule has 1 aliphatic rings. The molecule has 1 aromatic carbocycles. The summed E-state index contributed by atoms with van der Waals surface area (Å²) in [6, 6.07) is 10.6. The first-order valence-corrected chi connectivity index (χ1v) is 11.4. The number of amides is 1. The lowest BCUT2D eigenvalue weighted by atomic mass is 10.0. The Balaban J connectivity index is 1.59. The molecule has 3 aromatic rings. The van der Waals surface area contributed by atoms with Crippen LogP contribution in [0.2, 0.25) is 5.02 Å². The number of hydrazone groups is 1. The predicted molar refractivity (Wildman–Crippen MR) is 123 cm³/mol. The van der Waals surface area contributed by atoms with Crippen LogP contribution in [0.25, 0.3) is 0 Å². The summed E-state index contributed by atoms with van der Waals surface area (Å²) >= 11 is 7.22. The third-order valence-corrected chi connectivity index (χ3v) is 6.28. The second-order valence-electron chi connectivity index (χ2n) is 7.41. The smallest absolute Gasteiger partial charge is 0.253 e. The molecule has 1 aliphatic heterocycles. The topological polar surface area (TPSA) is 88.7 Å². The van der Waals surface area contributed by atoms with Crippen LogP contribution in [0, 0.1) is 13.8 Å². The third kappa shape index (κ3) is 4.61. The number of Topliss-reactive ketones (excluding diaryl/α,β-unsaturated/α-hetero) is 1. The number of carbonyl (C=O) groups excluding carboxylic acids is 2. The summed E-state index contributed by atoms with van der Waals surface area (Å²) < 4.78 is 5.59. The molecule has 4 rings (SSSR count).